The van der Waals surface area contributed by atoms with Gasteiger partial charge in [0.25, 0.3) is 0 Å². The van der Waals surface area contributed by atoms with Crippen LogP contribution in [0.3, 0.4) is 0 Å². The highest BCUT2D eigenvalue weighted by molar-refractivity contribution is 9.10. The lowest BCUT2D eigenvalue weighted by atomic mass is 10.2. The molecule has 0 aliphatic rings. The molecule has 0 saturated carbocycles. The lowest BCUT2D eigenvalue weighted by Gasteiger charge is -2.02. The Bertz CT molecular complexity index is 643. The summed E-state index contributed by atoms with van der Waals surface area (Å²) in [6.07, 6.45) is 2.02. The molecule has 0 spiro atoms. The predicted molar refractivity (Wildman–Crippen MR) is 78.8 cm³/mol. The fourth-order valence-electron chi connectivity index (χ4n) is 1.83. The molecule has 3 aromatic rings. The molecule has 3 rings (SSSR count). The van der Waals surface area contributed by atoms with Crippen molar-refractivity contribution in [1.82, 2.24) is 9.78 Å². The van der Waals surface area contributed by atoms with Crippen molar-refractivity contribution in [1.29, 1.82) is 0 Å². The smallest absolute Gasteiger partial charge is 0.102 e. The Morgan fingerprint density at radius 1 is 1.17 bits per heavy atom. The molecular weight excluding hydrogens is 308 g/mol. The summed E-state index contributed by atoms with van der Waals surface area (Å²) >= 11 is 5.20. The molecule has 0 atom stereocenters. The van der Waals surface area contributed by atoms with Gasteiger partial charge in [-0.2, -0.15) is 5.10 Å². The van der Waals surface area contributed by atoms with Crippen molar-refractivity contribution in [2.45, 2.75) is 6.54 Å². The first-order valence-electron chi connectivity index (χ1n) is 5.63. The predicted octanol–water partition coefficient (Wildman–Crippen LogP) is 4.42. The minimum Gasteiger partial charge on any atom is -0.268 e. The largest absolute Gasteiger partial charge is 0.268 e. The van der Waals surface area contributed by atoms with Crippen LogP contribution < -0.4 is 0 Å². The van der Waals surface area contributed by atoms with Gasteiger partial charge in [0.2, 0.25) is 0 Å². The van der Waals surface area contributed by atoms with Crippen molar-refractivity contribution in [3.63, 3.8) is 0 Å². The van der Waals surface area contributed by atoms with E-state index in [0.717, 1.165) is 16.7 Å². The lowest BCUT2D eigenvalue weighted by Crippen LogP contribution is -2.00. The van der Waals surface area contributed by atoms with Gasteiger partial charge >= 0.3 is 0 Å². The van der Waals surface area contributed by atoms with Crippen LogP contribution in [0.5, 0.6) is 0 Å². The highest BCUT2D eigenvalue weighted by Crippen LogP contribution is 2.22. The molecule has 2 nitrogen and oxygen atoms in total. The van der Waals surface area contributed by atoms with Crippen molar-refractivity contribution in [3.05, 3.63) is 64.1 Å². The Morgan fingerprint density at radius 2 is 2.11 bits per heavy atom. The zero-order chi connectivity index (χ0) is 12.4. The third kappa shape index (κ3) is 2.54. The lowest BCUT2D eigenvalue weighted by molar-refractivity contribution is 0.689. The minimum atomic E-state index is 0.796. The van der Waals surface area contributed by atoms with Crippen molar-refractivity contribution >= 4 is 27.3 Å². The fourth-order valence-corrected chi connectivity index (χ4v) is 2.96. The van der Waals surface area contributed by atoms with Crippen LogP contribution in [0.15, 0.2) is 58.5 Å². The van der Waals surface area contributed by atoms with Gasteiger partial charge < -0.3 is 0 Å². The second-order valence-corrected chi connectivity index (χ2v) is 5.87. The highest BCUT2D eigenvalue weighted by Gasteiger charge is 2.03. The molecule has 4 heteroatoms. The van der Waals surface area contributed by atoms with Gasteiger partial charge in [-0.05, 0) is 35.2 Å². The summed E-state index contributed by atoms with van der Waals surface area (Å²) in [5, 5.41) is 6.66. The summed E-state index contributed by atoms with van der Waals surface area (Å²) in [6.45, 7) is 0.796. The van der Waals surface area contributed by atoms with Crippen molar-refractivity contribution in [2.75, 3.05) is 0 Å². The summed E-state index contributed by atoms with van der Waals surface area (Å²) < 4.78 is 3.07. The average Bonchev–Trinajstić information content (AvgIpc) is 2.98. The third-order valence-electron chi connectivity index (χ3n) is 2.65. The van der Waals surface area contributed by atoms with E-state index in [1.54, 1.807) is 11.3 Å². The van der Waals surface area contributed by atoms with E-state index in [0.29, 0.717) is 0 Å². The molecule has 0 fully saturated rings. The number of nitrogens with zero attached hydrogens (tertiary/aromatic N) is 2. The van der Waals surface area contributed by atoms with Gasteiger partial charge in [-0.25, -0.2) is 0 Å². The van der Waals surface area contributed by atoms with Crippen molar-refractivity contribution < 1.29 is 0 Å². The number of aromatic nitrogens is 2. The molecule has 2 heterocycles. The van der Waals surface area contributed by atoms with Crippen LogP contribution in [0.1, 0.15) is 5.56 Å². The van der Waals surface area contributed by atoms with E-state index >= 15 is 0 Å². The molecule has 0 saturated heterocycles. The summed E-state index contributed by atoms with van der Waals surface area (Å²) in [7, 11) is 0. The number of hydrogen-bond donors (Lipinski definition) is 0. The van der Waals surface area contributed by atoms with Gasteiger partial charge in [-0.3, -0.25) is 4.68 Å². The molecule has 1 aromatic carbocycles. The van der Waals surface area contributed by atoms with Crippen LogP contribution in [0.4, 0.5) is 0 Å². The minimum absolute atomic E-state index is 0.796. The summed E-state index contributed by atoms with van der Waals surface area (Å²) in [6, 6.07) is 14.5. The Kier molecular flexibility index (Phi) is 3.30. The molecule has 0 amide bonds. The van der Waals surface area contributed by atoms with Crippen LogP contribution >= 0.6 is 27.3 Å². The molecule has 0 bridgehead atoms. The van der Waals surface area contributed by atoms with E-state index < -0.39 is 0 Å². The van der Waals surface area contributed by atoms with Gasteiger partial charge in [0, 0.05) is 10.7 Å². The average molecular weight is 319 g/mol. The SMILES string of the molecule is Brc1cccc(Cn2ccc(-c3cccs3)n2)c1. The third-order valence-corrected chi connectivity index (χ3v) is 4.03. The zero-order valence-electron chi connectivity index (χ0n) is 9.58. The summed E-state index contributed by atoms with van der Waals surface area (Å²) in [5.74, 6) is 0. The standard InChI is InChI=1S/C14H11BrN2S/c15-12-4-1-3-11(9-12)10-17-7-6-13(16-17)14-5-2-8-18-14/h1-9H,10H2. The Balaban J connectivity index is 1.82. The second kappa shape index (κ2) is 5.08. The maximum Gasteiger partial charge on any atom is 0.102 e. The number of rotatable bonds is 3. The zero-order valence-corrected chi connectivity index (χ0v) is 12.0. The molecule has 90 valence electrons. The van der Waals surface area contributed by atoms with E-state index in [9.17, 15) is 0 Å². The van der Waals surface area contributed by atoms with E-state index in [2.05, 4.69) is 50.7 Å². The second-order valence-electron chi connectivity index (χ2n) is 4.01. The normalized spacial score (nSPS) is 10.7. The monoisotopic (exact) mass is 318 g/mol. The van der Waals surface area contributed by atoms with Gasteiger partial charge in [-0.1, -0.05) is 34.1 Å². The topological polar surface area (TPSA) is 17.8 Å². The summed E-state index contributed by atoms with van der Waals surface area (Å²) in [5.41, 5.74) is 2.28. The van der Waals surface area contributed by atoms with Crippen LogP contribution in [0, 0.1) is 0 Å². The number of hydrogen-bond acceptors (Lipinski definition) is 2. The molecule has 18 heavy (non-hydrogen) atoms. The molecule has 0 aliphatic carbocycles. The van der Waals surface area contributed by atoms with Crippen LogP contribution in [0.2, 0.25) is 0 Å². The molecule has 2 aromatic heterocycles. The Labute approximate surface area is 118 Å². The Hall–Kier alpha value is -1.39. The fraction of sp³-hybridized carbons (Fsp3) is 0.0714. The van der Waals surface area contributed by atoms with E-state index in [-0.39, 0.29) is 0 Å². The van der Waals surface area contributed by atoms with Gasteiger partial charge in [0.1, 0.15) is 5.69 Å². The van der Waals surface area contributed by atoms with Gasteiger partial charge in [0.15, 0.2) is 0 Å². The first kappa shape index (κ1) is 11.7. The molecule has 0 radical (unpaired) electrons. The molecule has 0 N–H and O–H groups in total. The first-order chi connectivity index (χ1) is 8.81. The number of thiophene rings is 1. The number of benzene rings is 1. The van der Waals surface area contributed by atoms with Crippen LogP contribution in [-0.2, 0) is 6.54 Å². The first-order valence-corrected chi connectivity index (χ1v) is 7.30. The maximum absolute atomic E-state index is 4.59. The summed E-state index contributed by atoms with van der Waals surface area (Å²) in [4.78, 5) is 1.21. The molecule has 0 aliphatic heterocycles. The van der Waals surface area contributed by atoms with E-state index in [1.165, 1.54) is 10.4 Å². The molecular formula is C14H11BrN2S. The highest BCUT2D eigenvalue weighted by atomic mass is 79.9. The van der Waals surface area contributed by atoms with E-state index in [1.807, 2.05) is 29.1 Å². The van der Waals surface area contributed by atoms with Crippen LogP contribution in [0.25, 0.3) is 10.6 Å². The Morgan fingerprint density at radius 3 is 2.89 bits per heavy atom. The van der Waals surface area contributed by atoms with Gasteiger partial charge in [0.05, 0.1) is 11.4 Å². The molecule has 0 unspecified atom stereocenters. The van der Waals surface area contributed by atoms with Crippen LogP contribution in [-0.4, -0.2) is 9.78 Å². The number of halogens is 1. The van der Waals surface area contributed by atoms with Crippen molar-refractivity contribution in [2.24, 2.45) is 0 Å². The van der Waals surface area contributed by atoms with E-state index in [4.69, 9.17) is 0 Å². The maximum atomic E-state index is 4.59. The van der Waals surface area contributed by atoms with Crippen molar-refractivity contribution in [3.8, 4) is 10.6 Å². The van der Waals surface area contributed by atoms with Gasteiger partial charge in [-0.15, -0.1) is 11.3 Å². The quantitative estimate of drug-likeness (QED) is 0.699.